The molecule has 4 aromatic carbocycles. The van der Waals surface area contributed by atoms with Crippen molar-refractivity contribution in [1.82, 2.24) is 39.5 Å². The summed E-state index contributed by atoms with van der Waals surface area (Å²) in [5.74, 6) is 2.18. The Labute approximate surface area is 376 Å². The third kappa shape index (κ3) is 7.01. The Bertz CT molecular complexity index is 2390. The van der Waals surface area contributed by atoms with Gasteiger partial charge in [0.15, 0.2) is 0 Å². The topological polar surface area (TPSA) is 104 Å². The number of likely N-dealkylation sites (tertiary alicyclic amines) is 2. The molecule has 64 heavy (non-hydrogen) atoms. The van der Waals surface area contributed by atoms with Gasteiger partial charge in [0.2, 0.25) is 11.8 Å². The highest BCUT2D eigenvalue weighted by Crippen LogP contribution is 2.47. The number of carbonyl (C=O) groups is 2. The van der Waals surface area contributed by atoms with E-state index in [9.17, 15) is 9.59 Å². The summed E-state index contributed by atoms with van der Waals surface area (Å²) in [5.41, 5.74) is 8.55. The Kier molecular flexibility index (Phi) is 10.3. The van der Waals surface area contributed by atoms with Gasteiger partial charge in [-0.1, -0.05) is 109 Å². The molecule has 2 unspecified atom stereocenters. The minimum Gasteiger partial charge on any atom is -0.340 e. The van der Waals surface area contributed by atoms with Gasteiger partial charge in [-0.05, 0) is 110 Å². The predicted octanol–water partition coefficient (Wildman–Crippen LogP) is 10.2. The first-order valence-electron chi connectivity index (χ1n) is 24.1. The normalized spacial score (nSPS) is 26.3. The van der Waals surface area contributed by atoms with Crippen LogP contribution in [0.25, 0.3) is 33.6 Å². The fourth-order valence-corrected chi connectivity index (χ4v) is 12.8. The van der Waals surface area contributed by atoms with Gasteiger partial charge in [-0.2, -0.15) is 0 Å². The summed E-state index contributed by atoms with van der Waals surface area (Å²) in [6.07, 6.45) is 17.2. The minimum atomic E-state index is -0.233. The third-order valence-corrected chi connectivity index (χ3v) is 15.9. The number of nitrogens with zero attached hydrogens (tertiary/aromatic N) is 6. The number of aromatic amines is 2. The fourth-order valence-electron chi connectivity index (χ4n) is 12.8. The van der Waals surface area contributed by atoms with Crippen molar-refractivity contribution < 1.29 is 9.59 Å². The van der Waals surface area contributed by atoms with Gasteiger partial charge in [-0.25, -0.2) is 9.97 Å². The molecular weight excluding hydrogens is 793 g/mol. The van der Waals surface area contributed by atoms with Crippen LogP contribution in [-0.4, -0.2) is 88.6 Å². The van der Waals surface area contributed by atoms with Crippen LogP contribution in [0.5, 0.6) is 0 Å². The van der Waals surface area contributed by atoms with E-state index < -0.39 is 0 Å². The molecule has 6 aromatic rings. The maximum absolute atomic E-state index is 14.6. The van der Waals surface area contributed by atoms with E-state index in [0.29, 0.717) is 24.2 Å². The molecule has 2 aromatic heterocycles. The number of imidazole rings is 2. The second kappa shape index (κ2) is 16.6. The highest BCUT2D eigenvalue weighted by Gasteiger charge is 2.50. The van der Waals surface area contributed by atoms with Gasteiger partial charge in [0.25, 0.3) is 0 Å². The molecule has 10 nitrogen and oxygen atoms in total. The molecule has 2 N–H and O–H groups in total. The van der Waals surface area contributed by atoms with Gasteiger partial charge < -0.3 is 19.8 Å². The standard InChI is InChI=1S/C54H58N8O2/c63-53(49(39-9-3-1-4-10-39)61-41-23-24-42(61)26-25-41)59-31-7-13-47(59)51-55-33-45(57-51)37-19-15-35(16-20-37)36-17-21-38(22-18-36)46-34-56-52(58-46)48-14-8-32-60(48)54(64)50(40-11-5-2-6-12-40)62-43-27-28-44(62)30-29-43/h1-6,9-12,15-22,33-34,41-44,47-50H,7-8,13-14,23-32H2,(H,55,57)(H,56,58)/t41?,42?,43?,44?,47-,48-,49?,50?/m0/s1. The van der Waals surface area contributed by atoms with E-state index in [1.54, 1.807) is 0 Å². The largest absolute Gasteiger partial charge is 0.340 e. The number of rotatable bonds is 11. The van der Waals surface area contributed by atoms with Crippen molar-refractivity contribution in [2.24, 2.45) is 0 Å². The van der Waals surface area contributed by atoms with Crippen molar-refractivity contribution in [3.05, 3.63) is 144 Å². The van der Waals surface area contributed by atoms with Crippen molar-refractivity contribution in [3.8, 4) is 33.6 Å². The summed E-state index contributed by atoms with van der Waals surface area (Å²) in [7, 11) is 0. The van der Waals surface area contributed by atoms with E-state index in [4.69, 9.17) is 9.97 Å². The number of nitrogens with one attached hydrogen (secondary N) is 2. The Morgan fingerprint density at radius 2 is 0.797 bits per heavy atom. The zero-order valence-electron chi connectivity index (χ0n) is 36.6. The van der Waals surface area contributed by atoms with Crippen LogP contribution in [0.3, 0.4) is 0 Å². The molecular formula is C54H58N8O2. The van der Waals surface area contributed by atoms with Crippen LogP contribution >= 0.6 is 0 Å². The fraction of sp³-hybridized carbons (Fsp3) is 0.407. The van der Waals surface area contributed by atoms with Crippen molar-refractivity contribution in [1.29, 1.82) is 0 Å². The highest BCUT2D eigenvalue weighted by atomic mass is 16.2. The van der Waals surface area contributed by atoms with E-state index in [2.05, 4.69) is 127 Å². The number of fused-ring (bicyclic) bond motifs is 4. The van der Waals surface area contributed by atoms with Crippen molar-refractivity contribution in [2.75, 3.05) is 13.1 Å². The first kappa shape index (κ1) is 39.7. The van der Waals surface area contributed by atoms with E-state index in [1.807, 2.05) is 24.5 Å². The monoisotopic (exact) mass is 850 g/mol. The van der Waals surface area contributed by atoms with Crippen LogP contribution in [-0.2, 0) is 9.59 Å². The zero-order valence-corrected chi connectivity index (χ0v) is 36.6. The van der Waals surface area contributed by atoms with Crippen molar-refractivity contribution in [3.63, 3.8) is 0 Å². The average molecular weight is 851 g/mol. The summed E-state index contributed by atoms with van der Waals surface area (Å²) in [5, 5.41) is 0. The molecule has 4 atom stereocenters. The lowest BCUT2D eigenvalue weighted by atomic mass is 10.0. The maximum Gasteiger partial charge on any atom is 0.245 e. The molecule has 8 heterocycles. The Morgan fingerprint density at radius 1 is 0.453 bits per heavy atom. The number of aromatic nitrogens is 4. The smallest absolute Gasteiger partial charge is 0.245 e. The Balaban J connectivity index is 0.722. The molecule has 2 amide bonds. The second-order valence-corrected chi connectivity index (χ2v) is 19.3. The minimum absolute atomic E-state index is 0.0575. The van der Waals surface area contributed by atoms with Gasteiger partial charge in [0.1, 0.15) is 23.7 Å². The molecule has 12 rings (SSSR count). The second-order valence-electron chi connectivity index (χ2n) is 19.3. The summed E-state index contributed by atoms with van der Waals surface area (Å²) < 4.78 is 0. The third-order valence-electron chi connectivity index (χ3n) is 15.9. The molecule has 6 aliphatic heterocycles. The van der Waals surface area contributed by atoms with E-state index in [-0.39, 0.29) is 36.0 Å². The Morgan fingerprint density at radius 3 is 1.16 bits per heavy atom. The van der Waals surface area contributed by atoms with Crippen molar-refractivity contribution >= 4 is 11.8 Å². The highest BCUT2D eigenvalue weighted by molar-refractivity contribution is 5.85. The predicted molar refractivity (Wildman–Crippen MR) is 249 cm³/mol. The number of amides is 2. The summed E-state index contributed by atoms with van der Waals surface area (Å²) in [4.78, 5) is 55.6. The number of hydrogen-bond donors (Lipinski definition) is 2. The lowest BCUT2D eigenvalue weighted by Gasteiger charge is -2.35. The van der Waals surface area contributed by atoms with E-state index in [0.717, 1.165) is 95.2 Å². The summed E-state index contributed by atoms with van der Waals surface area (Å²) in [6, 6.07) is 39.6. The quantitative estimate of drug-likeness (QED) is 0.135. The first-order chi connectivity index (χ1) is 31.6. The van der Waals surface area contributed by atoms with Gasteiger partial charge in [0.05, 0.1) is 35.9 Å². The maximum atomic E-state index is 14.6. The van der Waals surface area contributed by atoms with Crippen LogP contribution in [0.4, 0.5) is 0 Å². The Hall–Kier alpha value is -5.84. The van der Waals surface area contributed by atoms with E-state index >= 15 is 0 Å². The zero-order chi connectivity index (χ0) is 42.7. The molecule has 0 saturated carbocycles. The van der Waals surface area contributed by atoms with Crippen molar-refractivity contribution in [2.45, 2.75) is 125 Å². The lowest BCUT2D eigenvalue weighted by molar-refractivity contribution is -0.139. The molecule has 4 bridgehead atoms. The molecule has 326 valence electrons. The van der Waals surface area contributed by atoms with Crippen LogP contribution in [0.2, 0.25) is 0 Å². The molecule has 0 spiro atoms. The molecule has 6 saturated heterocycles. The lowest BCUT2D eigenvalue weighted by Crippen LogP contribution is -2.45. The molecule has 6 fully saturated rings. The number of carbonyl (C=O) groups excluding carboxylic acids is 2. The summed E-state index contributed by atoms with van der Waals surface area (Å²) >= 11 is 0. The SMILES string of the molecule is O=C(C(c1ccccc1)N1C2CCC1CC2)N1CCC[C@H]1c1ncc(-c2ccc(-c3ccc(-c4cnc([C@@H]5CCCN5C(=O)C(c5ccccc5)N5C6CCC5CC6)[nH]4)cc3)cc2)[nH]1. The molecule has 0 radical (unpaired) electrons. The number of benzene rings is 4. The van der Waals surface area contributed by atoms with Gasteiger partial charge in [-0.3, -0.25) is 19.4 Å². The van der Waals surface area contributed by atoms with E-state index in [1.165, 1.54) is 51.4 Å². The van der Waals surface area contributed by atoms with Gasteiger partial charge in [-0.15, -0.1) is 0 Å². The molecule has 6 aliphatic rings. The number of hydrogen-bond acceptors (Lipinski definition) is 6. The summed E-state index contributed by atoms with van der Waals surface area (Å²) in [6.45, 7) is 1.52. The van der Waals surface area contributed by atoms with Crippen LogP contribution < -0.4 is 0 Å². The van der Waals surface area contributed by atoms with Gasteiger partial charge >= 0.3 is 0 Å². The van der Waals surface area contributed by atoms with Gasteiger partial charge in [0, 0.05) is 37.3 Å². The first-order valence-corrected chi connectivity index (χ1v) is 24.1. The van der Waals surface area contributed by atoms with Crippen LogP contribution in [0, 0.1) is 0 Å². The molecule has 10 heteroatoms. The average Bonchev–Trinajstić information content (AvgIpc) is 4.21. The van der Waals surface area contributed by atoms with Crippen LogP contribution in [0.1, 0.15) is 124 Å². The molecule has 0 aliphatic carbocycles. The number of H-pyrrole nitrogens is 2. The van der Waals surface area contributed by atoms with Crippen LogP contribution in [0.15, 0.2) is 122 Å².